The molecule has 0 radical (unpaired) electrons. The molecule has 8 nitrogen and oxygen atoms in total. The molecule has 2 heterocycles. The van der Waals surface area contributed by atoms with E-state index in [1.165, 1.54) is 17.2 Å². The van der Waals surface area contributed by atoms with Crippen molar-refractivity contribution in [3.8, 4) is 0 Å². The standard InChI is InChI=1S/C8H10N6O2/c1-2-14-7(9-5-10-14)4-13-3-6(8(15)16)11-12-13/h3,5H,2,4H2,1H3,(H,15,16). The van der Waals surface area contributed by atoms with Crippen LogP contribution in [0.1, 0.15) is 23.2 Å². The van der Waals surface area contributed by atoms with E-state index in [1.54, 1.807) is 4.68 Å². The summed E-state index contributed by atoms with van der Waals surface area (Å²) in [5, 5.41) is 19.9. The number of rotatable bonds is 4. The van der Waals surface area contributed by atoms with Gasteiger partial charge in [-0.3, -0.25) is 0 Å². The molecule has 0 fully saturated rings. The van der Waals surface area contributed by atoms with Crippen molar-refractivity contribution < 1.29 is 9.90 Å². The Hall–Kier alpha value is -2.25. The molecule has 0 saturated heterocycles. The summed E-state index contributed by atoms with van der Waals surface area (Å²) in [6, 6.07) is 0. The lowest BCUT2D eigenvalue weighted by atomic mass is 10.5. The third-order valence-corrected chi connectivity index (χ3v) is 2.06. The fourth-order valence-corrected chi connectivity index (χ4v) is 1.29. The summed E-state index contributed by atoms with van der Waals surface area (Å²) in [5.74, 6) is -0.382. The quantitative estimate of drug-likeness (QED) is 0.758. The van der Waals surface area contributed by atoms with Gasteiger partial charge in [-0.05, 0) is 6.92 Å². The van der Waals surface area contributed by atoms with Crippen LogP contribution < -0.4 is 0 Å². The van der Waals surface area contributed by atoms with E-state index in [0.717, 1.165) is 0 Å². The molecule has 0 atom stereocenters. The van der Waals surface area contributed by atoms with Crippen LogP contribution in [0.4, 0.5) is 0 Å². The van der Waals surface area contributed by atoms with Crippen LogP contribution in [-0.2, 0) is 13.1 Å². The first-order valence-electron chi connectivity index (χ1n) is 4.70. The highest BCUT2D eigenvalue weighted by molar-refractivity contribution is 5.84. The van der Waals surface area contributed by atoms with Gasteiger partial charge in [0, 0.05) is 6.54 Å². The highest BCUT2D eigenvalue weighted by Crippen LogP contribution is 1.99. The fraction of sp³-hybridized carbons (Fsp3) is 0.375. The number of carboxylic acids is 1. The average Bonchev–Trinajstić information content (AvgIpc) is 2.87. The SMILES string of the molecule is CCn1ncnc1Cn1cc(C(=O)O)nn1. The summed E-state index contributed by atoms with van der Waals surface area (Å²) >= 11 is 0. The lowest BCUT2D eigenvalue weighted by Crippen LogP contribution is -2.09. The van der Waals surface area contributed by atoms with Gasteiger partial charge < -0.3 is 5.11 Å². The number of carbonyl (C=O) groups is 1. The Bertz CT molecular complexity index is 502. The highest BCUT2D eigenvalue weighted by Gasteiger charge is 2.10. The van der Waals surface area contributed by atoms with Crippen LogP contribution in [0.3, 0.4) is 0 Å². The van der Waals surface area contributed by atoms with Crippen LogP contribution in [0, 0.1) is 0 Å². The zero-order valence-corrected chi connectivity index (χ0v) is 8.61. The molecule has 2 aromatic heterocycles. The molecule has 0 amide bonds. The number of aryl methyl sites for hydroxylation is 1. The number of aromatic nitrogens is 6. The summed E-state index contributed by atoms with van der Waals surface area (Å²) < 4.78 is 3.13. The zero-order valence-electron chi connectivity index (χ0n) is 8.61. The Kier molecular flexibility index (Phi) is 2.63. The summed E-state index contributed by atoms with van der Waals surface area (Å²) in [5.41, 5.74) is -0.0810. The van der Waals surface area contributed by atoms with E-state index < -0.39 is 5.97 Å². The lowest BCUT2D eigenvalue weighted by Gasteiger charge is -2.01. The smallest absolute Gasteiger partial charge is 0.358 e. The van der Waals surface area contributed by atoms with Crippen LogP contribution in [0.5, 0.6) is 0 Å². The normalized spacial score (nSPS) is 10.6. The maximum Gasteiger partial charge on any atom is 0.358 e. The fourth-order valence-electron chi connectivity index (χ4n) is 1.29. The molecule has 0 spiro atoms. The van der Waals surface area contributed by atoms with Crippen molar-refractivity contribution in [1.82, 2.24) is 29.8 Å². The number of hydrogen-bond acceptors (Lipinski definition) is 5. The molecule has 8 heteroatoms. The van der Waals surface area contributed by atoms with E-state index in [0.29, 0.717) is 18.9 Å². The molecular formula is C8H10N6O2. The van der Waals surface area contributed by atoms with Gasteiger partial charge in [-0.25, -0.2) is 19.1 Å². The molecule has 2 aromatic rings. The molecule has 84 valence electrons. The number of hydrogen-bond donors (Lipinski definition) is 1. The van der Waals surface area contributed by atoms with Crippen molar-refractivity contribution in [2.24, 2.45) is 0 Å². The molecule has 1 N–H and O–H groups in total. The van der Waals surface area contributed by atoms with Crippen molar-refractivity contribution in [2.45, 2.75) is 20.0 Å². The largest absolute Gasteiger partial charge is 0.476 e. The maximum atomic E-state index is 10.6. The Morgan fingerprint density at radius 1 is 1.56 bits per heavy atom. The second-order valence-electron chi connectivity index (χ2n) is 3.10. The predicted octanol–water partition coefficient (Wildman–Crippen LogP) is -0.364. The Labute approximate surface area is 90.5 Å². The molecule has 0 aliphatic rings. The topological polar surface area (TPSA) is 98.7 Å². The van der Waals surface area contributed by atoms with Gasteiger partial charge in [0.05, 0.1) is 6.20 Å². The van der Waals surface area contributed by atoms with E-state index in [1.807, 2.05) is 6.92 Å². The Morgan fingerprint density at radius 2 is 2.38 bits per heavy atom. The highest BCUT2D eigenvalue weighted by atomic mass is 16.4. The molecule has 0 aliphatic heterocycles. The van der Waals surface area contributed by atoms with Crippen molar-refractivity contribution in [2.75, 3.05) is 0 Å². The van der Waals surface area contributed by atoms with E-state index in [4.69, 9.17) is 5.11 Å². The van der Waals surface area contributed by atoms with Crippen LogP contribution in [0.2, 0.25) is 0 Å². The maximum absolute atomic E-state index is 10.6. The molecule has 0 unspecified atom stereocenters. The van der Waals surface area contributed by atoms with Gasteiger partial charge in [-0.15, -0.1) is 5.10 Å². The monoisotopic (exact) mass is 222 g/mol. The minimum atomic E-state index is -1.09. The van der Waals surface area contributed by atoms with Crippen molar-refractivity contribution >= 4 is 5.97 Å². The molecule has 0 aliphatic carbocycles. The van der Waals surface area contributed by atoms with Crippen LogP contribution >= 0.6 is 0 Å². The third kappa shape index (κ3) is 1.90. The minimum absolute atomic E-state index is 0.0810. The van der Waals surface area contributed by atoms with Gasteiger partial charge in [0.25, 0.3) is 0 Å². The van der Waals surface area contributed by atoms with Gasteiger partial charge in [0.2, 0.25) is 0 Å². The third-order valence-electron chi connectivity index (χ3n) is 2.06. The number of carboxylic acid groups (broad SMARTS) is 1. The number of nitrogens with zero attached hydrogens (tertiary/aromatic N) is 6. The van der Waals surface area contributed by atoms with Crippen LogP contribution in [0.25, 0.3) is 0 Å². The molecule has 0 bridgehead atoms. The zero-order chi connectivity index (χ0) is 11.5. The van der Waals surface area contributed by atoms with Gasteiger partial charge in [-0.2, -0.15) is 5.10 Å². The molecule has 0 aromatic carbocycles. The van der Waals surface area contributed by atoms with Gasteiger partial charge >= 0.3 is 5.97 Å². The van der Waals surface area contributed by atoms with Gasteiger partial charge in [-0.1, -0.05) is 5.21 Å². The molecule has 2 rings (SSSR count). The summed E-state index contributed by atoms with van der Waals surface area (Å²) in [6.07, 6.45) is 2.81. The van der Waals surface area contributed by atoms with E-state index in [-0.39, 0.29) is 5.69 Å². The second kappa shape index (κ2) is 4.09. The lowest BCUT2D eigenvalue weighted by molar-refractivity contribution is 0.0690. The predicted molar refractivity (Wildman–Crippen MR) is 51.8 cm³/mol. The van der Waals surface area contributed by atoms with E-state index in [2.05, 4.69) is 20.4 Å². The second-order valence-corrected chi connectivity index (χ2v) is 3.10. The van der Waals surface area contributed by atoms with Gasteiger partial charge in [0.15, 0.2) is 5.69 Å². The Balaban J connectivity index is 2.17. The van der Waals surface area contributed by atoms with Crippen molar-refractivity contribution in [1.29, 1.82) is 0 Å². The first-order valence-corrected chi connectivity index (χ1v) is 4.70. The molecule has 0 saturated carbocycles. The minimum Gasteiger partial charge on any atom is -0.476 e. The van der Waals surface area contributed by atoms with E-state index >= 15 is 0 Å². The summed E-state index contributed by atoms with van der Waals surface area (Å²) in [4.78, 5) is 14.6. The Morgan fingerprint density at radius 3 is 3.00 bits per heavy atom. The van der Waals surface area contributed by atoms with Crippen molar-refractivity contribution in [3.05, 3.63) is 24.0 Å². The van der Waals surface area contributed by atoms with Gasteiger partial charge in [0.1, 0.15) is 18.7 Å². The number of aromatic carboxylic acids is 1. The van der Waals surface area contributed by atoms with Crippen molar-refractivity contribution in [3.63, 3.8) is 0 Å². The molecule has 16 heavy (non-hydrogen) atoms. The summed E-state index contributed by atoms with van der Waals surface area (Å²) in [7, 11) is 0. The van der Waals surface area contributed by atoms with Crippen LogP contribution in [0.15, 0.2) is 12.5 Å². The van der Waals surface area contributed by atoms with E-state index in [9.17, 15) is 4.79 Å². The van der Waals surface area contributed by atoms with Crippen LogP contribution in [-0.4, -0.2) is 40.8 Å². The first kappa shape index (κ1) is 10.3. The average molecular weight is 222 g/mol. The summed E-state index contributed by atoms with van der Waals surface area (Å²) in [6.45, 7) is 3.01. The first-order chi connectivity index (χ1) is 7.70. The molecular weight excluding hydrogens is 212 g/mol.